The smallest absolute Gasteiger partial charge is 0.343 e. The second-order valence-corrected chi connectivity index (χ2v) is 6.72. The van der Waals surface area contributed by atoms with E-state index in [1.165, 1.54) is 6.07 Å². The van der Waals surface area contributed by atoms with Crippen LogP contribution in [0.5, 0.6) is 11.5 Å². The highest BCUT2D eigenvalue weighted by Crippen LogP contribution is 2.34. The van der Waals surface area contributed by atoms with Gasteiger partial charge in [0.25, 0.3) is 0 Å². The number of rotatable bonds is 4. The molecule has 4 nitrogen and oxygen atoms in total. The molecule has 0 amide bonds. The van der Waals surface area contributed by atoms with Crippen LogP contribution in [-0.2, 0) is 0 Å². The van der Waals surface area contributed by atoms with Gasteiger partial charge >= 0.3 is 5.97 Å². The molecule has 29 heavy (non-hydrogen) atoms. The Hall–Kier alpha value is -3.63. The zero-order valence-electron chi connectivity index (χ0n) is 15.2. The van der Waals surface area contributed by atoms with Crippen molar-refractivity contribution in [3.63, 3.8) is 0 Å². The molecule has 1 aliphatic heterocycles. The van der Waals surface area contributed by atoms with E-state index in [1.54, 1.807) is 48.6 Å². The molecule has 4 rings (SSSR count). The molecule has 0 unspecified atom stereocenters. The molecule has 3 aromatic carbocycles. The number of carbonyl (C=O) groups is 2. The number of carbonyl (C=O) groups excluding carboxylic acids is 2. The Morgan fingerprint density at radius 1 is 0.966 bits per heavy atom. The van der Waals surface area contributed by atoms with Crippen molar-refractivity contribution >= 4 is 29.4 Å². The highest BCUT2D eigenvalue weighted by atomic mass is 35.5. The number of ketones is 1. The minimum absolute atomic E-state index is 0.215. The molecule has 1 heterocycles. The fourth-order valence-corrected chi connectivity index (χ4v) is 2.93. The van der Waals surface area contributed by atoms with E-state index in [0.29, 0.717) is 21.9 Å². The van der Waals surface area contributed by atoms with E-state index < -0.39 is 5.97 Å². The molecule has 0 saturated carbocycles. The largest absolute Gasteiger partial charge is 0.452 e. The molecular weight excluding hydrogens is 388 g/mol. The van der Waals surface area contributed by atoms with Crippen LogP contribution in [0.3, 0.4) is 0 Å². The third kappa shape index (κ3) is 4.28. The van der Waals surface area contributed by atoms with E-state index in [1.807, 2.05) is 36.4 Å². The van der Waals surface area contributed by atoms with Crippen molar-refractivity contribution in [1.29, 1.82) is 0 Å². The lowest BCUT2D eigenvalue weighted by Gasteiger charge is -2.05. The molecule has 0 bridgehead atoms. The quantitative estimate of drug-likeness (QED) is 0.317. The topological polar surface area (TPSA) is 52.6 Å². The van der Waals surface area contributed by atoms with Gasteiger partial charge in [-0.3, -0.25) is 4.79 Å². The van der Waals surface area contributed by atoms with Crippen LogP contribution in [0.25, 0.3) is 6.08 Å². The zero-order chi connectivity index (χ0) is 20.2. The van der Waals surface area contributed by atoms with Gasteiger partial charge < -0.3 is 9.47 Å². The Bertz CT molecular complexity index is 1130. The molecule has 0 saturated heterocycles. The van der Waals surface area contributed by atoms with Crippen LogP contribution in [0, 0.1) is 0 Å². The Morgan fingerprint density at radius 3 is 2.48 bits per heavy atom. The van der Waals surface area contributed by atoms with Crippen LogP contribution in [0.15, 0.2) is 90.7 Å². The average Bonchev–Trinajstić information content (AvgIpc) is 3.04. The van der Waals surface area contributed by atoms with Crippen molar-refractivity contribution in [2.24, 2.45) is 0 Å². The number of fused-ring (bicyclic) bond motifs is 1. The molecule has 0 spiro atoms. The Morgan fingerprint density at radius 2 is 1.72 bits per heavy atom. The molecular formula is C24H15ClO4. The lowest BCUT2D eigenvalue weighted by Crippen LogP contribution is -2.08. The van der Waals surface area contributed by atoms with Gasteiger partial charge in [-0.1, -0.05) is 54.1 Å². The third-order valence-electron chi connectivity index (χ3n) is 4.27. The Balaban J connectivity index is 1.48. The maximum atomic E-state index is 12.5. The molecule has 0 aromatic heterocycles. The summed E-state index contributed by atoms with van der Waals surface area (Å²) >= 11 is 5.83. The van der Waals surface area contributed by atoms with Crippen LogP contribution in [0.4, 0.5) is 0 Å². The van der Waals surface area contributed by atoms with E-state index >= 15 is 0 Å². The van der Waals surface area contributed by atoms with Crippen LogP contribution in [0.1, 0.15) is 26.3 Å². The van der Waals surface area contributed by atoms with Crippen LogP contribution >= 0.6 is 11.6 Å². The predicted molar refractivity (Wildman–Crippen MR) is 111 cm³/mol. The molecule has 0 N–H and O–H groups in total. The van der Waals surface area contributed by atoms with E-state index in [9.17, 15) is 9.59 Å². The Labute approximate surface area is 172 Å². The van der Waals surface area contributed by atoms with Gasteiger partial charge in [0.2, 0.25) is 5.78 Å². The highest BCUT2D eigenvalue weighted by molar-refractivity contribution is 6.30. The van der Waals surface area contributed by atoms with Crippen molar-refractivity contribution in [2.45, 2.75) is 0 Å². The standard InChI is InChI=1S/C24H15ClO4/c25-18-11-9-17(10-12-18)24(27)28-19-13-14-20-22(15-19)29-21(23(20)26)8-4-7-16-5-2-1-3-6-16/h1-15H. The normalized spacial score (nSPS) is 14.1. The first-order chi connectivity index (χ1) is 14.1. The van der Waals surface area contributed by atoms with Crippen molar-refractivity contribution in [2.75, 3.05) is 0 Å². The van der Waals surface area contributed by atoms with Gasteiger partial charge in [0.1, 0.15) is 11.5 Å². The fraction of sp³-hybridized carbons (Fsp3) is 0. The summed E-state index contributed by atoms with van der Waals surface area (Å²) < 4.78 is 11.0. The second-order valence-electron chi connectivity index (χ2n) is 6.29. The maximum absolute atomic E-state index is 12.5. The van der Waals surface area contributed by atoms with Gasteiger partial charge in [-0.05, 0) is 48.0 Å². The van der Waals surface area contributed by atoms with Gasteiger partial charge in [-0.15, -0.1) is 0 Å². The molecule has 0 aliphatic carbocycles. The first-order valence-electron chi connectivity index (χ1n) is 8.88. The summed E-state index contributed by atoms with van der Waals surface area (Å²) in [6, 6.07) is 20.8. The fourth-order valence-electron chi connectivity index (χ4n) is 2.81. The number of allylic oxidation sites excluding steroid dienone is 3. The number of ether oxygens (including phenoxy) is 2. The van der Waals surface area contributed by atoms with Gasteiger partial charge in [0.15, 0.2) is 5.76 Å². The molecule has 0 atom stereocenters. The van der Waals surface area contributed by atoms with Gasteiger partial charge in [-0.25, -0.2) is 4.79 Å². The van der Waals surface area contributed by atoms with E-state index in [0.717, 1.165) is 5.56 Å². The summed E-state index contributed by atoms with van der Waals surface area (Å²) in [6.07, 6.45) is 5.26. The average molecular weight is 403 g/mol. The minimum atomic E-state index is -0.521. The molecule has 5 heteroatoms. The molecule has 1 aliphatic rings. The van der Waals surface area contributed by atoms with Gasteiger partial charge in [0.05, 0.1) is 11.1 Å². The number of halogens is 1. The Kier molecular flexibility index (Phi) is 5.27. The maximum Gasteiger partial charge on any atom is 0.343 e. The van der Waals surface area contributed by atoms with Crippen molar-refractivity contribution in [3.05, 3.63) is 112 Å². The summed E-state index contributed by atoms with van der Waals surface area (Å²) in [5.74, 6) is 0.127. The zero-order valence-corrected chi connectivity index (χ0v) is 15.9. The number of benzene rings is 3. The minimum Gasteiger partial charge on any atom is -0.452 e. The van der Waals surface area contributed by atoms with Crippen molar-refractivity contribution < 1.29 is 19.1 Å². The van der Waals surface area contributed by atoms with Crippen LogP contribution in [0.2, 0.25) is 5.02 Å². The monoisotopic (exact) mass is 402 g/mol. The lowest BCUT2D eigenvalue weighted by molar-refractivity contribution is 0.0734. The molecule has 142 valence electrons. The summed E-state index contributed by atoms with van der Waals surface area (Å²) in [5, 5.41) is 0.534. The highest BCUT2D eigenvalue weighted by Gasteiger charge is 2.27. The molecule has 0 fully saturated rings. The van der Waals surface area contributed by atoms with E-state index in [-0.39, 0.29) is 17.3 Å². The summed E-state index contributed by atoms with van der Waals surface area (Å²) in [7, 11) is 0. The third-order valence-corrected chi connectivity index (χ3v) is 4.52. The molecule has 3 aromatic rings. The first-order valence-corrected chi connectivity index (χ1v) is 9.26. The van der Waals surface area contributed by atoms with Crippen molar-refractivity contribution in [1.82, 2.24) is 0 Å². The number of hydrogen-bond donors (Lipinski definition) is 0. The van der Waals surface area contributed by atoms with Crippen LogP contribution < -0.4 is 9.47 Å². The number of hydrogen-bond acceptors (Lipinski definition) is 4. The van der Waals surface area contributed by atoms with Gasteiger partial charge in [0, 0.05) is 11.1 Å². The summed E-state index contributed by atoms with van der Waals surface area (Å²) in [5.41, 5.74) is 1.82. The lowest BCUT2D eigenvalue weighted by atomic mass is 10.1. The van der Waals surface area contributed by atoms with Crippen LogP contribution in [-0.4, -0.2) is 11.8 Å². The summed E-state index contributed by atoms with van der Waals surface area (Å²) in [6.45, 7) is 0. The summed E-state index contributed by atoms with van der Waals surface area (Å²) in [4.78, 5) is 24.7. The second kappa shape index (κ2) is 8.17. The number of esters is 1. The molecule has 0 radical (unpaired) electrons. The van der Waals surface area contributed by atoms with E-state index in [2.05, 4.69) is 0 Å². The van der Waals surface area contributed by atoms with E-state index in [4.69, 9.17) is 21.1 Å². The first kappa shape index (κ1) is 18.7. The van der Waals surface area contributed by atoms with Crippen molar-refractivity contribution in [3.8, 4) is 11.5 Å². The predicted octanol–water partition coefficient (Wildman–Crippen LogP) is 5.73. The van der Waals surface area contributed by atoms with Gasteiger partial charge in [-0.2, -0.15) is 0 Å². The SMILES string of the molecule is O=C(Oc1ccc2c(c1)OC(=CC=Cc1ccccc1)C2=O)c1ccc(Cl)cc1. The number of Topliss-reactive ketones (excluding diaryl/α,β-unsaturated/α-hetero) is 1.